The Labute approximate surface area is 138 Å². The smallest absolute Gasteiger partial charge is 0.271 e. The Hall–Kier alpha value is -2.27. The standard InChI is InChI=1S/C18H17N3OS/c1-12-6-8-21-11-15(19-17(21)10-12)18(22)20-14-7-9-23-16-5-3-2-4-13(14)16/h2-6,8,10-11,14H,7,9H2,1H3,(H,20,22)/t14-/m0/s1. The van der Waals surface area contributed by atoms with Crippen LogP contribution < -0.4 is 5.32 Å². The lowest BCUT2D eigenvalue weighted by atomic mass is 10.0. The number of pyridine rings is 1. The fraction of sp³-hybridized carbons (Fsp3) is 0.222. The number of aromatic nitrogens is 2. The zero-order valence-electron chi connectivity index (χ0n) is 12.8. The van der Waals surface area contributed by atoms with E-state index < -0.39 is 0 Å². The maximum absolute atomic E-state index is 12.6. The molecule has 1 aromatic carbocycles. The zero-order chi connectivity index (χ0) is 15.8. The monoisotopic (exact) mass is 323 g/mol. The topological polar surface area (TPSA) is 46.4 Å². The molecule has 0 radical (unpaired) electrons. The van der Waals surface area contributed by atoms with Crippen molar-refractivity contribution in [3.8, 4) is 0 Å². The first-order valence-corrected chi connectivity index (χ1v) is 8.67. The van der Waals surface area contributed by atoms with Crippen molar-refractivity contribution in [3.05, 3.63) is 65.6 Å². The van der Waals surface area contributed by atoms with E-state index in [1.165, 1.54) is 10.5 Å². The second-order valence-electron chi connectivity index (χ2n) is 5.80. The van der Waals surface area contributed by atoms with Gasteiger partial charge in [-0.05, 0) is 42.7 Å². The molecule has 2 aromatic heterocycles. The number of imidazole rings is 1. The van der Waals surface area contributed by atoms with Crippen LogP contribution in [-0.4, -0.2) is 21.0 Å². The van der Waals surface area contributed by atoms with E-state index in [0.29, 0.717) is 5.69 Å². The summed E-state index contributed by atoms with van der Waals surface area (Å²) in [5.74, 6) is 0.907. The van der Waals surface area contributed by atoms with E-state index >= 15 is 0 Å². The summed E-state index contributed by atoms with van der Waals surface area (Å²) in [6.07, 6.45) is 4.66. The minimum absolute atomic E-state index is 0.0616. The normalized spacial score (nSPS) is 17.0. The van der Waals surface area contributed by atoms with Crippen LogP contribution in [0.4, 0.5) is 0 Å². The molecule has 1 N–H and O–H groups in total. The van der Waals surface area contributed by atoms with Crippen molar-refractivity contribution < 1.29 is 4.79 Å². The fourth-order valence-corrected chi connectivity index (χ4v) is 4.04. The molecule has 23 heavy (non-hydrogen) atoms. The maximum Gasteiger partial charge on any atom is 0.271 e. The number of thioether (sulfide) groups is 1. The van der Waals surface area contributed by atoms with Crippen LogP contribution in [0.1, 0.15) is 34.1 Å². The van der Waals surface area contributed by atoms with Gasteiger partial charge in [-0.3, -0.25) is 4.79 Å². The van der Waals surface area contributed by atoms with Gasteiger partial charge in [-0.1, -0.05) is 18.2 Å². The third-order valence-electron chi connectivity index (χ3n) is 4.11. The van der Waals surface area contributed by atoms with Crippen molar-refractivity contribution in [2.45, 2.75) is 24.3 Å². The van der Waals surface area contributed by atoms with Gasteiger partial charge in [0, 0.05) is 23.0 Å². The van der Waals surface area contributed by atoms with E-state index in [9.17, 15) is 4.79 Å². The quantitative estimate of drug-likeness (QED) is 0.783. The van der Waals surface area contributed by atoms with Crippen LogP contribution in [0.5, 0.6) is 0 Å². The molecule has 0 spiro atoms. The van der Waals surface area contributed by atoms with Crippen LogP contribution in [0.3, 0.4) is 0 Å². The molecule has 3 aromatic rings. The van der Waals surface area contributed by atoms with E-state index in [2.05, 4.69) is 22.4 Å². The number of carbonyl (C=O) groups excluding carboxylic acids is 1. The van der Waals surface area contributed by atoms with Crippen LogP contribution in [0.25, 0.3) is 5.65 Å². The lowest BCUT2D eigenvalue weighted by molar-refractivity contribution is 0.0930. The number of fused-ring (bicyclic) bond motifs is 2. The molecule has 1 aliphatic heterocycles. The Bertz CT molecular complexity index is 887. The molecule has 0 bridgehead atoms. The van der Waals surface area contributed by atoms with Crippen LogP contribution in [0.15, 0.2) is 53.7 Å². The molecule has 1 atom stereocenters. The maximum atomic E-state index is 12.6. The van der Waals surface area contributed by atoms with Gasteiger partial charge in [0.1, 0.15) is 11.3 Å². The summed E-state index contributed by atoms with van der Waals surface area (Å²) in [6, 6.07) is 12.3. The fourth-order valence-electron chi connectivity index (χ4n) is 2.92. The molecule has 3 heterocycles. The molecular weight excluding hydrogens is 306 g/mol. The van der Waals surface area contributed by atoms with Crippen LogP contribution in [-0.2, 0) is 0 Å². The molecule has 116 valence electrons. The van der Waals surface area contributed by atoms with Crippen molar-refractivity contribution in [1.82, 2.24) is 14.7 Å². The minimum atomic E-state index is -0.113. The van der Waals surface area contributed by atoms with Gasteiger partial charge in [-0.15, -0.1) is 11.8 Å². The number of hydrogen-bond donors (Lipinski definition) is 1. The SMILES string of the molecule is Cc1ccn2cc(C(=O)N[C@H]3CCSc4ccccc43)nc2c1. The average molecular weight is 323 g/mol. The highest BCUT2D eigenvalue weighted by Gasteiger charge is 2.23. The number of hydrogen-bond acceptors (Lipinski definition) is 3. The van der Waals surface area contributed by atoms with Crippen LogP contribution in [0, 0.1) is 6.92 Å². The summed E-state index contributed by atoms with van der Waals surface area (Å²) in [4.78, 5) is 18.3. The lowest BCUT2D eigenvalue weighted by Crippen LogP contribution is -2.30. The Morgan fingerprint density at radius 3 is 3.13 bits per heavy atom. The molecule has 0 fully saturated rings. The molecule has 4 nitrogen and oxygen atoms in total. The molecule has 5 heteroatoms. The number of nitrogens with one attached hydrogen (secondary N) is 1. The summed E-state index contributed by atoms with van der Waals surface area (Å²) >= 11 is 1.85. The summed E-state index contributed by atoms with van der Waals surface area (Å²) in [5, 5.41) is 3.14. The number of aryl methyl sites for hydroxylation is 1. The molecule has 4 rings (SSSR count). The second-order valence-corrected chi connectivity index (χ2v) is 6.93. The number of benzene rings is 1. The number of rotatable bonds is 2. The lowest BCUT2D eigenvalue weighted by Gasteiger charge is -2.25. The molecule has 1 amide bonds. The third kappa shape index (κ3) is 2.72. The summed E-state index contributed by atoms with van der Waals surface area (Å²) < 4.78 is 1.88. The van der Waals surface area contributed by atoms with Gasteiger partial charge >= 0.3 is 0 Å². The van der Waals surface area contributed by atoms with E-state index in [0.717, 1.165) is 23.4 Å². The largest absolute Gasteiger partial charge is 0.344 e. The van der Waals surface area contributed by atoms with Gasteiger partial charge in [-0.2, -0.15) is 0 Å². The second kappa shape index (κ2) is 5.74. The van der Waals surface area contributed by atoms with Gasteiger partial charge in [-0.25, -0.2) is 4.98 Å². The van der Waals surface area contributed by atoms with Crippen molar-refractivity contribution in [2.24, 2.45) is 0 Å². The summed E-state index contributed by atoms with van der Waals surface area (Å²) in [6.45, 7) is 2.02. The van der Waals surface area contributed by atoms with E-state index in [4.69, 9.17) is 0 Å². The highest BCUT2D eigenvalue weighted by atomic mass is 32.2. The van der Waals surface area contributed by atoms with Crippen molar-refractivity contribution in [1.29, 1.82) is 0 Å². The molecule has 0 unspecified atom stereocenters. The van der Waals surface area contributed by atoms with E-state index in [1.807, 2.05) is 53.5 Å². The zero-order valence-corrected chi connectivity index (χ0v) is 13.6. The van der Waals surface area contributed by atoms with Crippen molar-refractivity contribution in [2.75, 3.05) is 5.75 Å². The Kier molecular flexibility index (Phi) is 3.58. The molecule has 0 saturated heterocycles. The van der Waals surface area contributed by atoms with Crippen molar-refractivity contribution >= 4 is 23.3 Å². The Morgan fingerprint density at radius 2 is 2.22 bits per heavy atom. The van der Waals surface area contributed by atoms with Crippen LogP contribution >= 0.6 is 11.8 Å². The Balaban J connectivity index is 1.60. The minimum Gasteiger partial charge on any atom is -0.344 e. The first-order chi connectivity index (χ1) is 11.2. The number of nitrogens with zero attached hydrogens (tertiary/aromatic N) is 2. The van der Waals surface area contributed by atoms with Gasteiger partial charge in [0.15, 0.2) is 0 Å². The number of amides is 1. The highest BCUT2D eigenvalue weighted by molar-refractivity contribution is 7.99. The number of carbonyl (C=O) groups is 1. The van der Waals surface area contributed by atoms with Crippen molar-refractivity contribution in [3.63, 3.8) is 0 Å². The molecule has 0 aliphatic carbocycles. The highest BCUT2D eigenvalue weighted by Crippen LogP contribution is 2.35. The Morgan fingerprint density at radius 1 is 1.35 bits per heavy atom. The molecular formula is C18H17N3OS. The summed E-state index contributed by atoms with van der Waals surface area (Å²) in [7, 11) is 0. The average Bonchev–Trinajstić information content (AvgIpc) is 2.98. The van der Waals surface area contributed by atoms with Gasteiger partial charge in [0.25, 0.3) is 5.91 Å². The predicted molar refractivity (Wildman–Crippen MR) is 91.9 cm³/mol. The van der Waals surface area contributed by atoms with E-state index in [1.54, 1.807) is 6.20 Å². The first kappa shape index (κ1) is 14.3. The molecule has 0 saturated carbocycles. The van der Waals surface area contributed by atoms with Gasteiger partial charge in [0.2, 0.25) is 0 Å². The predicted octanol–water partition coefficient (Wildman–Crippen LogP) is 3.61. The third-order valence-corrected chi connectivity index (χ3v) is 5.23. The summed E-state index contributed by atoms with van der Waals surface area (Å²) in [5.41, 5.74) is 3.60. The van der Waals surface area contributed by atoms with Gasteiger partial charge < -0.3 is 9.72 Å². The van der Waals surface area contributed by atoms with E-state index in [-0.39, 0.29) is 11.9 Å². The first-order valence-electron chi connectivity index (χ1n) is 7.69. The van der Waals surface area contributed by atoms with Gasteiger partial charge in [0.05, 0.1) is 6.04 Å². The van der Waals surface area contributed by atoms with Crippen LogP contribution in [0.2, 0.25) is 0 Å². The molecule has 1 aliphatic rings.